The zero-order valence-corrected chi connectivity index (χ0v) is 14.7. The van der Waals surface area contributed by atoms with E-state index in [1.54, 1.807) is 20.3 Å². The van der Waals surface area contributed by atoms with Gasteiger partial charge in [-0.05, 0) is 34.5 Å². The van der Waals surface area contributed by atoms with Crippen LogP contribution in [-0.4, -0.2) is 25.0 Å². The van der Waals surface area contributed by atoms with Gasteiger partial charge < -0.3 is 20.0 Å². The molecule has 0 radical (unpaired) electrons. The van der Waals surface area contributed by atoms with E-state index in [4.69, 9.17) is 9.47 Å². The number of nitrogens with zero attached hydrogens (tertiary/aromatic N) is 1. The molecule has 4 rings (SSSR count). The second kappa shape index (κ2) is 6.59. The molecule has 0 unspecified atom stereocenters. The maximum absolute atomic E-state index is 10.4. The lowest BCUT2D eigenvalue weighted by molar-refractivity contribution is 0.354. The minimum Gasteiger partial charge on any atom is -0.507 e. The third kappa shape index (κ3) is 2.71. The van der Waals surface area contributed by atoms with E-state index in [1.807, 2.05) is 48.5 Å². The Morgan fingerprint density at radius 3 is 2.62 bits per heavy atom. The maximum atomic E-state index is 10.4. The Balaban J connectivity index is 1.67. The van der Waals surface area contributed by atoms with Crippen LogP contribution < -0.4 is 14.9 Å². The van der Waals surface area contributed by atoms with Gasteiger partial charge in [0.1, 0.15) is 5.75 Å². The molecule has 0 bridgehead atoms. The average molecular weight is 348 g/mol. The van der Waals surface area contributed by atoms with Crippen LogP contribution in [0.5, 0.6) is 17.2 Å². The highest BCUT2D eigenvalue weighted by Gasteiger charge is 2.25. The van der Waals surface area contributed by atoms with Crippen LogP contribution in [-0.2, 0) is 0 Å². The van der Waals surface area contributed by atoms with Crippen LogP contribution in [0.25, 0.3) is 10.8 Å². The number of phenols is 1. The number of hydrazone groups is 1. The van der Waals surface area contributed by atoms with Crippen molar-refractivity contribution >= 4 is 16.5 Å². The molecule has 3 aromatic rings. The van der Waals surface area contributed by atoms with Gasteiger partial charge in [0.05, 0.1) is 26.0 Å². The van der Waals surface area contributed by atoms with Crippen LogP contribution in [0.15, 0.2) is 59.7 Å². The molecule has 0 amide bonds. The normalized spacial score (nSPS) is 16.2. The van der Waals surface area contributed by atoms with Crippen molar-refractivity contribution in [1.82, 2.24) is 5.43 Å². The third-order valence-electron chi connectivity index (χ3n) is 4.76. The quantitative estimate of drug-likeness (QED) is 0.748. The first-order valence-electron chi connectivity index (χ1n) is 8.46. The highest BCUT2D eigenvalue weighted by molar-refractivity contribution is 6.13. The van der Waals surface area contributed by atoms with Crippen LogP contribution in [0.3, 0.4) is 0 Å². The molecule has 0 saturated carbocycles. The number of phenolic OH excluding ortho intramolecular Hbond substituents is 1. The summed E-state index contributed by atoms with van der Waals surface area (Å²) in [4.78, 5) is 0. The van der Waals surface area contributed by atoms with Gasteiger partial charge in [-0.2, -0.15) is 5.10 Å². The number of methoxy groups -OCH3 is 2. The van der Waals surface area contributed by atoms with Crippen molar-refractivity contribution < 1.29 is 14.6 Å². The predicted molar refractivity (Wildman–Crippen MR) is 102 cm³/mol. The van der Waals surface area contributed by atoms with Gasteiger partial charge in [0.15, 0.2) is 11.5 Å². The second-order valence-electron chi connectivity index (χ2n) is 6.24. The molecule has 1 heterocycles. The fourth-order valence-corrected chi connectivity index (χ4v) is 3.42. The van der Waals surface area contributed by atoms with Crippen LogP contribution in [0.4, 0.5) is 0 Å². The largest absolute Gasteiger partial charge is 0.507 e. The molecule has 26 heavy (non-hydrogen) atoms. The number of rotatable bonds is 4. The Morgan fingerprint density at radius 2 is 1.81 bits per heavy atom. The first-order chi connectivity index (χ1) is 12.7. The second-order valence-corrected chi connectivity index (χ2v) is 6.24. The zero-order chi connectivity index (χ0) is 18.1. The fraction of sp³-hybridized carbons (Fsp3) is 0.190. The number of ether oxygens (including phenoxy) is 2. The van der Waals surface area contributed by atoms with Crippen LogP contribution in [0.1, 0.15) is 23.6 Å². The number of hydrogen-bond acceptors (Lipinski definition) is 5. The predicted octanol–water partition coefficient (Wildman–Crippen LogP) is 4.00. The summed E-state index contributed by atoms with van der Waals surface area (Å²) in [7, 11) is 3.25. The number of aromatic hydroxyl groups is 1. The molecular weight excluding hydrogens is 328 g/mol. The standard InChI is InChI=1S/C21H20N2O3/c1-25-19-10-8-14(11-20(19)26-2)16-12-17(23-22-16)21-15-6-4-3-5-13(15)7-9-18(21)24/h3-11,16,22,24H,12H2,1-2H3/t16-/m1/s1. The zero-order valence-electron chi connectivity index (χ0n) is 14.7. The van der Waals surface area contributed by atoms with E-state index in [-0.39, 0.29) is 11.8 Å². The molecule has 0 aliphatic carbocycles. The summed E-state index contributed by atoms with van der Waals surface area (Å²) < 4.78 is 10.7. The first-order valence-corrected chi connectivity index (χ1v) is 8.46. The van der Waals surface area contributed by atoms with Crippen LogP contribution in [0.2, 0.25) is 0 Å². The molecule has 0 aromatic heterocycles. The highest BCUT2D eigenvalue weighted by Crippen LogP contribution is 2.35. The fourth-order valence-electron chi connectivity index (χ4n) is 3.42. The molecule has 1 atom stereocenters. The number of nitrogens with one attached hydrogen (secondary N) is 1. The molecule has 132 valence electrons. The summed E-state index contributed by atoms with van der Waals surface area (Å²) in [5.74, 6) is 1.63. The molecule has 3 aromatic carbocycles. The molecule has 0 saturated heterocycles. The SMILES string of the molecule is COc1ccc([C@H]2CC(c3c(O)ccc4ccccc34)=NN2)cc1OC. The number of benzene rings is 3. The van der Waals surface area contributed by atoms with Gasteiger partial charge in [-0.1, -0.05) is 36.4 Å². The molecule has 2 N–H and O–H groups in total. The Bertz CT molecular complexity index is 998. The van der Waals surface area contributed by atoms with E-state index in [1.165, 1.54) is 0 Å². The van der Waals surface area contributed by atoms with E-state index in [0.29, 0.717) is 17.9 Å². The lowest BCUT2D eigenvalue weighted by Gasteiger charge is -2.14. The van der Waals surface area contributed by atoms with Crippen molar-refractivity contribution in [1.29, 1.82) is 0 Å². The molecule has 0 spiro atoms. The average Bonchev–Trinajstić information content (AvgIpc) is 3.17. The Morgan fingerprint density at radius 1 is 1.00 bits per heavy atom. The molecule has 1 aliphatic rings. The van der Waals surface area contributed by atoms with Gasteiger partial charge in [0.2, 0.25) is 0 Å². The van der Waals surface area contributed by atoms with Crippen molar-refractivity contribution in [3.8, 4) is 17.2 Å². The topological polar surface area (TPSA) is 63.1 Å². The summed E-state index contributed by atoms with van der Waals surface area (Å²) in [6.45, 7) is 0. The molecule has 5 heteroatoms. The van der Waals surface area contributed by atoms with Crippen molar-refractivity contribution in [3.63, 3.8) is 0 Å². The van der Waals surface area contributed by atoms with Crippen LogP contribution in [0, 0.1) is 0 Å². The lowest BCUT2D eigenvalue weighted by atomic mass is 9.94. The minimum absolute atomic E-state index is 0.0168. The van der Waals surface area contributed by atoms with E-state index in [2.05, 4.69) is 10.5 Å². The van der Waals surface area contributed by atoms with E-state index < -0.39 is 0 Å². The van der Waals surface area contributed by atoms with Gasteiger partial charge in [-0.3, -0.25) is 0 Å². The maximum Gasteiger partial charge on any atom is 0.161 e. The van der Waals surface area contributed by atoms with Gasteiger partial charge in [0, 0.05) is 12.0 Å². The van der Waals surface area contributed by atoms with Crippen LogP contribution >= 0.6 is 0 Å². The van der Waals surface area contributed by atoms with Crippen molar-refractivity contribution in [2.45, 2.75) is 12.5 Å². The smallest absolute Gasteiger partial charge is 0.161 e. The molecule has 0 fully saturated rings. The highest BCUT2D eigenvalue weighted by atomic mass is 16.5. The Labute approximate surface area is 151 Å². The van der Waals surface area contributed by atoms with Gasteiger partial charge in [0.25, 0.3) is 0 Å². The lowest BCUT2D eigenvalue weighted by Crippen LogP contribution is -2.10. The summed E-state index contributed by atoms with van der Waals surface area (Å²) in [6.07, 6.45) is 0.678. The third-order valence-corrected chi connectivity index (χ3v) is 4.76. The monoisotopic (exact) mass is 348 g/mol. The molecular formula is C21H20N2O3. The number of hydrogen-bond donors (Lipinski definition) is 2. The number of fused-ring (bicyclic) bond motifs is 1. The summed E-state index contributed by atoms with van der Waals surface area (Å²) in [5.41, 5.74) is 5.88. The summed E-state index contributed by atoms with van der Waals surface area (Å²) in [5, 5.41) is 17.0. The van der Waals surface area contributed by atoms with Crippen molar-refractivity contribution in [2.75, 3.05) is 14.2 Å². The Kier molecular flexibility index (Phi) is 4.13. The van der Waals surface area contributed by atoms with Crippen molar-refractivity contribution in [3.05, 3.63) is 65.7 Å². The van der Waals surface area contributed by atoms with E-state index in [9.17, 15) is 5.11 Å². The summed E-state index contributed by atoms with van der Waals surface area (Å²) in [6, 6.07) is 17.5. The summed E-state index contributed by atoms with van der Waals surface area (Å²) >= 11 is 0. The van der Waals surface area contributed by atoms with Crippen molar-refractivity contribution in [2.24, 2.45) is 5.10 Å². The first kappa shape index (κ1) is 16.3. The van der Waals surface area contributed by atoms with E-state index >= 15 is 0 Å². The molecule has 1 aliphatic heterocycles. The van der Waals surface area contributed by atoms with Gasteiger partial charge in [-0.15, -0.1) is 0 Å². The van der Waals surface area contributed by atoms with Gasteiger partial charge in [-0.25, -0.2) is 0 Å². The van der Waals surface area contributed by atoms with E-state index in [0.717, 1.165) is 27.6 Å². The Hall–Kier alpha value is -3.21. The minimum atomic E-state index is 0.0168. The molecule has 5 nitrogen and oxygen atoms in total. The van der Waals surface area contributed by atoms with Gasteiger partial charge >= 0.3 is 0 Å².